The predicted octanol–water partition coefficient (Wildman–Crippen LogP) is 1.12. The maximum absolute atomic E-state index is 12.6. The van der Waals surface area contributed by atoms with Crippen molar-refractivity contribution >= 4 is 28.7 Å². The summed E-state index contributed by atoms with van der Waals surface area (Å²) in [6.45, 7) is 3.04. The van der Waals surface area contributed by atoms with Gasteiger partial charge in [-0.3, -0.25) is 4.79 Å². The molecular weight excluding hydrogens is 382 g/mol. The average Bonchev–Trinajstić information content (AvgIpc) is 3.08. The Morgan fingerprint density at radius 3 is 2.70 bits per heavy atom. The van der Waals surface area contributed by atoms with Crippen molar-refractivity contribution in [2.45, 2.75) is 13.0 Å². The van der Waals surface area contributed by atoms with Gasteiger partial charge in [0, 0.05) is 51.3 Å². The highest BCUT2D eigenvalue weighted by Crippen LogP contribution is 2.20. The van der Waals surface area contributed by atoms with Crippen LogP contribution in [-0.2, 0) is 29.5 Å². The van der Waals surface area contributed by atoms with Crippen molar-refractivity contribution in [3.05, 3.63) is 41.9 Å². The second kappa shape index (κ2) is 8.66. The van der Waals surface area contributed by atoms with E-state index >= 15 is 0 Å². The molecule has 30 heavy (non-hydrogen) atoms. The first kappa shape index (κ1) is 20.1. The van der Waals surface area contributed by atoms with Gasteiger partial charge in [-0.1, -0.05) is 18.2 Å². The molecule has 0 atom stereocenters. The second-order valence-corrected chi connectivity index (χ2v) is 7.58. The van der Waals surface area contributed by atoms with Crippen LogP contribution in [0.15, 0.2) is 30.5 Å². The summed E-state index contributed by atoms with van der Waals surface area (Å²) in [6.07, 6.45) is 2.32. The first-order valence-electron chi connectivity index (χ1n) is 10.1. The van der Waals surface area contributed by atoms with E-state index in [1.807, 2.05) is 55.0 Å². The van der Waals surface area contributed by atoms with E-state index in [9.17, 15) is 4.79 Å². The number of hydrogen-bond acceptors (Lipinski definition) is 7. The lowest BCUT2D eigenvalue weighted by Crippen LogP contribution is -2.38. The summed E-state index contributed by atoms with van der Waals surface area (Å²) < 4.78 is 7.46. The number of nitrogens with one attached hydrogen (secondary N) is 1. The number of carbonyl (C=O) groups excluding carboxylic acids is 1. The van der Waals surface area contributed by atoms with E-state index < -0.39 is 0 Å². The minimum atomic E-state index is -0.0638. The van der Waals surface area contributed by atoms with E-state index in [2.05, 4.69) is 31.2 Å². The van der Waals surface area contributed by atoms with Crippen molar-refractivity contribution in [2.24, 2.45) is 7.05 Å². The van der Waals surface area contributed by atoms with Gasteiger partial charge in [-0.15, -0.1) is 0 Å². The van der Waals surface area contributed by atoms with Gasteiger partial charge in [-0.05, 0) is 11.6 Å². The summed E-state index contributed by atoms with van der Waals surface area (Å²) in [7, 11) is 5.77. The number of benzene rings is 1. The van der Waals surface area contributed by atoms with Crippen LogP contribution in [-0.4, -0.2) is 65.8 Å². The number of rotatable bonds is 6. The molecule has 1 fully saturated rings. The van der Waals surface area contributed by atoms with Gasteiger partial charge in [0.05, 0.1) is 26.2 Å². The van der Waals surface area contributed by atoms with Gasteiger partial charge in [0.25, 0.3) is 0 Å². The Labute approximate surface area is 175 Å². The topological polar surface area (TPSA) is 88.4 Å². The van der Waals surface area contributed by atoms with E-state index in [4.69, 9.17) is 4.74 Å². The largest absolute Gasteiger partial charge is 0.378 e. The van der Waals surface area contributed by atoms with Crippen LogP contribution in [0.1, 0.15) is 11.4 Å². The number of hydrogen-bond donors (Lipinski definition) is 1. The molecule has 1 aromatic carbocycles. The monoisotopic (exact) mass is 409 g/mol. The average molecular weight is 409 g/mol. The lowest BCUT2D eigenvalue weighted by molar-refractivity contribution is -0.120. The highest BCUT2D eigenvalue weighted by Gasteiger charge is 2.18. The minimum absolute atomic E-state index is 0.0638. The molecule has 3 heterocycles. The fourth-order valence-corrected chi connectivity index (χ4v) is 3.56. The molecule has 1 amide bonds. The highest BCUT2D eigenvalue weighted by molar-refractivity contribution is 5.89. The standard InChI is InChI=1S/C21H27N7O2/c1-26(2)20-23-18(24-21(25-20)28-8-10-30-11-9-28)13-22-19(29)12-15-14-27(3)17-7-5-4-6-16(15)17/h4-7,14H,8-13H2,1-3H3,(H,22,29). The number of amides is 1. The third-order valence-electron chi connectivity index (χ3n) is 5.13. The first-order chi connectivity index (χ1) is 14.5. The zero-order valence-corrected chi connectivity index (χ0v) is 17.6. The molecule has 9 nitrogen and oxygen atoms in total. The SMILES string of the molecule is CN(C)c1nc(CNC(=O)Cc2cn(C)c3ccccc23)nc(N2CCOCC2)n1. The first-order valence-corrected chi connectivity index (χ1v) is 10.1. The number of para-hydroxylation sites is 1. The molecule has 3 aromatic rings. The Hall–Kier alpha value is -3.20. The Bertz CT molecular complexity index is 1040. The molecule has 1 aliphatic rings. The minimum Gasteiger partial charge on any atom is -0.378 e. The Balaban J connectivity index is 1.46. The summed E-state index contributed by atoms with van der Waals surface area (Å²) in [5.41, 5.74) is 2.12. The molecule has 0 spiro atoms. The Kier molecular flexibility index (Phi) is 5.80. The number of fused-ring (bicyclic) bond motifs is 1. The smallest absolute Gasteiger partial charge is 0.230 e. The quantitative estimate of drug-likeness (QED) is 0.653. The molecule has 9 heteroatoms. The highest BCUT2D eigenvalue weighted by atomic mass is 16.5. The van der Waals surface area contributed by atoms with Crippen LogP contribution >= 0.6 is 0 Å². The zero-order chi connectivity index (χ0) is 21.1. The maximum atomic E-state index is 12.6. The van der Waals surface area contributed by atoms with E-state index in [0.29, 0.717) is 37.4 Å². The summed E-state index contributed by atoms with van der Waals surface area (Å²) in [6, 6.07) is 8.09. The lowest BCUT2D eigenvalue weighted by Gasteiger charge is -2.27. The van der Waals surface area contributed by atoms with Gasteiger partial charge in [0.15, 0.2) is 5.82 Å². The summed E-state index contributed by atoms with van der Waals surface area (Å²) in [5, 5.41) is 4.05. The van der Waals surface area contributed by atoms with Crippen LogP contribution < -0.4 is 15.1 Å². The van der Waals surface area contributed by atoms with Crippen molar-refractivity contribution in [2.75, 3.05) is 50.2 Å². The van der Waals surface area contributed by atoms with E-state index in [-0.39, 0.29) is 12.5 Å². The molecule has 4 rings (SSSR count). The van der Waals surface area contributed by atoms with E-state index in [0.717, 1.165) is 29.6 Å². The third-order valence-corrected chi connectivity index (χ3v) is 5.13. The number of aromatic nitrogens is 4. The van der Waals surface area contributed by atoms with E-state index in [1.165, 1.54) is 0 Å². The molecule has 0 unspecified atom stereocenters. The molecule has 1 N–H and O–H groups in total. The van der Waals surface area contributed by atoms with Crippen LogP contribution in [0.3, 0.4) is 0 Å². The fraction of sp³-hybridized carbons (Fsp3) is 0.429. The van der Waals surface area contributed by atoms with Crippen molar-refractivity contribution in [1.82, 2.24) is 24.8 Å². The number of ether oxygens (including phenoxy) is 1. The van der Waals surface area contributed by atoms with Crippen LogP contribution in [0.25, 0.3) is 10.9 Å². The number of carbonyl (C=O) groups is 1. The molecule has 2 aromatic heterocycles. The van der Waals surface area contributed by atoms with Crippen LogP contribution in [0.4, 0.5) is 11.9 Å². The normalized spacial score (nSPS) is 14.2. The lowest BCUT2D eigenvalue weighted by atomic mass is 10.1. The van der Waals surface area contributed by atoms with Crippen LogP contribution in [0.2, 0.25) is 0 Å². The molecular formula is C21H27N7O2. The van der Waals surface area contributed by atoms with Crippen molar-refractivity contribution in [1.29, 1.82) is 0 Å². The van der Waals surface area contributed by atoms with Gasteiger partial charge in [0.2, 0.25) is 17.8 Å². The van der Waals surface area contributed by atoms with Crippen LogP contribution in [0, 0.1) is 0 Å². The van der Waals surface area contributed by atoms with Crippen molar-refractivity contribution in [3.8, 4) is 0 Å². The maximum Gasteiger partial charge on any atom is 0.230 e. The molecule has 0 radical (unpaired) electrons. The Morgan fingerprint density at radius 1 is 1.17 bits per heavy atom. The summed E-state index contributed by atoms with van der Waals surface area (Å²) in [5.74, 6) is 1.67. The summed E-state index contributed by atoms with van der Waals surface area (Å²) >= 11 is 0. The van der Waals surface area contributed by atoms with Gasteiger partial charge < -0.3 is 24.4 Å². The zero-order valence-electron chi connectivity index (χ0n) is 17.6. The second-order valence-electron chi connectivity index (χ2n) is 7.58. The Morgan fingerprint density at radius 2 is 1.93 bits per heavy atom. The van der Waals surface area contributed by atoms with Gasteiger partial charge in [-0.2, -0.15) is 15.0 Å². The number of anilines is 2. The number of nitrogens with zero attached hydrogens (tertiary/aromatic N) is 6. The van der Waals surface area contributed by atoms with Gasteiger partial charge >= 0.3 is 0 Å². The molecule has 1 saturated heterocycles. The molecule has 1 aliphatic heterocycles. The fourth-order valence-electron chi connectivity index (χ4n) is 3.56. The predicted molar refractivity (Wildman–Crippen MR) is 116 cm³/mol. The van der Waals surface area contributed by atoms with Crippen molar-refractivity contribution < 1.29 is 9.53 Å². The molecule has 158 valence electrons. The summed E-state index contributed by atoms with van der Waals surface area (Å²) in [4.78, 5) is 30.1. The molecule has 0 bridgehead atoms. The number of morpholine rings is 1. The van der Waals surface area contributed by atoms with Gasteiger partial charge in [-0.25, -0.2) is 0 Å². The van der Waals surface area contributed by atoms with Crippen LogP contribution in [0.5, 0.6) is 0 Å². The molecule has 0 aliphatic carbocycles. The van der Waals surface area contributed by atoms with Crippen molar-refractivity contribution in [3.63, 3.8) is 0 Å². The number of aryl methyl sites for hydroxylation is 1. The van der Waals surface area contributed by atoms with Gasteiger partial charge in [0.1, 0.15) is 0 Å². The molecule has 0 saturated carbocycles. The third kappa shape index (κ3) is 4.35. The van der Waals surface area contributed by atoms with E-state index in [1.54, 1.807) is 0 Å².